The van der Waals surface area contributed by atoms with Crippen LogP contribution in [-0.4, -0.2) is 28.3 Å². The Hall–Kier alpha value is -1.65. The van der Waals surface area contributed by atoms with Gasteiger partial charge in [0.25, 0.3) is 0 Å². The van der Waals surface area contributed by atoms with Gasteiger partial charge in [0.2, 0.25) is 5.76 Å². The largest absolute Gasteiger partial charge is 0.502 e. The van der Waals surface area contributed by atoms with E-state index in [1.54, 1.807) is 0 Å². The first kappa shape index (κ1) is 10.3. The predicted molar refractivity (Wildman–Crippen MR) is 38.6 cm³/mol. The molecular weight excluding hydrogens is 164 g/mol. The van der Waals surface area contributed by atoms with Crippen LogP contribution in [-0.2, 0) is 14.4 Å². The van der Waals surface area contributed by atoms with Crippen molar-refractivity contribution in [2.45, 2.75) is 6.92 Å². The van der Waals surface area contributed by atoms with Crippen LogP contribution < -0.4 is 0 Å². The summed E-state index contributed by atoms with van der Waals surface area (Å²) in [6.45, 7) is 1.31. The van der Waals surface area contributed by atoms with Gasteiger partial charge < -0.3 is 15.0 Å². The molecule has 0 aromatic heterocycles. The van der Waals surface area contributed by atoms with Crippen LogP contribution in [0.15, 0.2) is 11.8 Å². The second-order valence-corrected chi connectivity index (χ2v) is 2.16. The zero-order valence-electron chi connectivity index (χ0n) is 6.35. The molecule has 5 nitrogen and oxygen atoms in total. The molecule has 0 rings (SSSR count). The van der Waals surface area contributed by atoms with Gasteiger partial charge in [0.1, 0.15) is 6.29 Å². The lowest BCUT2D eigenvalue weighted by atomic mass is 10.1. The highest BCUT2D eigenvalue weighted by molar-refractivity contribution is 6.03. The first-order valence-electron chi connectivity index (χ1n) is 3.12. The quantitative estimate of drug-likeness (QED) is 0.268. The summed E-state index contributed by atoms with van der Waals surface area (Å²) in [7, 11) is 0. The van der Waals surface area contributed by atoms with Gasteiger partial charge in [0.15, 0.2) is 5.78 Å². The Labute approximate surface area is 68.3 Å². The molecule has 0 saturated carbocycles. The summed E-state index contributed by atoms with van der Waals surface area (Å²) in [6.07, 6.45) is 0.884. The van der Waals surface area contributed by atoms with E-state index in [0.717, 1.165) is 0 Å². The lowest BCUT2D eigenvalue weighted by Gasteiger charge is -1.95. The molecule has 0 radical (unpaired) electrons. The summed E-state index contributed by atoms with van der Waals surface area (Å²) >= 11 is 0. The first-order chi connectivity index (χ1) is 5.49. The number of carbonyl (C=O) groups excluding carboxylic acids is 2. The summed E-state index contributed by atoms with van der Waals surface area (Å²) < 4.78 is 0. The second kappa shape index (κ2) is 4.27. The maximum atomic E-state index is 10.8. The molecule has 0 spiro atoms. The molecule has 1 unspecified atom stereocenters. The third kappa shape index (κ3) is 2.96. The summed E-state index contributed by atoms with van der Waals surface area (Å²) in [5.41, 5.74) is 0. The molecule has 2 N–H and O–H groups in total. The van der Waals surface area contributed by atoms with E-state index in [2.05, 4.69) is 0 Å². The molecule has 0 saturated heterocycles. The molecule has 1 atom stereocenters. The molecule has 0 aliphatic rings. The summed E-state index contributed by atoms with van der Waals surface area (Å²) in [6, 6.07) is 0. The molecule has 0 aromatic carbocycles. The Morgan fingerprint density at radius 3 is 2.17 bits per heavy atom. The molecule has 0 fully saturated rings. The van der Waals surface area contributed by atoms with Gasteiger partial charge in [0.05, 0.1) is 5.92 Å². The maximum absolute atomic E-state index is 10.8. The third-order valence-electron chi connectivity index (χ3n) is 1.15. The number of carbonyl (C=O) groups is 3. The highest BCUT2D eigenvalue weighted by Crippen LogP contribution is 1.97. The molecule has 0 bridgehead atoms. The van der Waals surface area contributed by atoms with E-state index >= 15 is 0 Å². The van der Waals surface area contributed by atoms with Gasteiger partial charge >= 0.3 is 5.97 Å². The van der Waals surface area contributed by atoms with Crippen molar-refractivity contribution in [2.75, 3.05) is 0 Å². The average molecular weight is 172 g/mol. The molecule has 0 aliphatic carbocycles. The van der Waals surface area contributed by atoms with Crippen LogP contribution in [0.4, 0.5) is 0 Å². The van der Waals surface area contributed by atoms with Gasteiger partial charge in [-0.1, -0.05) is 0 Å². The first-order valence-corrected chi connectivity index (χ1v) is 3.12. The van der Waals surface area contributed by atoms with Crippen molar-refractivity contribution in [3.8, 4) is 0 Å². The van der Waals surface area contributed by atoms with E-state index in [1.807, 2.05) is 0 Å². The Morgan fingerprint density at radius 1 is 1.33 bits per heavy atom. The zero-order chi connectivity index (χ0) is 9.72. The number of aliphatic hydroxyl groups is 1. The minimum atomic E-state index is -1.60. The van der Waals surface area contributed by atoms with E-state index in [9.17, 15) is 14.4 Å². The van der Waals surface area contributed by atoms with Gasteiger partial charge in [-0.05, 0) is 6.92 Å². The molecule has 0 aliphatic heterocycles. The zero-order valence-corrected chi connectivity index (χ0v) is 6.35. The van der Waals surface area contributed by atoms with Gasteiger partial charge in [-0.25, -0.2) is 4.79 Å². The fraction of sp³-hybridized carbons (Fsp3) is 0.286. The van der Waals surface area contributed by atoms with Crippen molar-refractivity contribution in [1.29, 1.82) is 0 Å². The van der Waals surface area contributed by atoms with Crippen molar-refractivity contribution in [1.82, 2.24) is 0 Å². The highest BCUT2D eigenvalue weighted by Gasteiger charge is 2.12. The van der Waals surface area contributed by atoms with Crippen LogP contribution >= 0.6 is 0 Å². The normalized spacial score (nSPS) is 13.6. The number of carboxylic acid groups (broad SMARTS) is 1. The van der Waals surface area contributed by atoms with Gasteiger partial charge in [0, 0.05) is 6.08 Å². The minimum Gasteiger partial charge on any atom is -0.502 e. The number of ketones is 1. The number of aliphatic hydroxyl groups excluding tert-OH is 1. The lowest BCUT2D eigenvalue weighted by molar-refractivity contribution is -0.136. The Morgan fingerprint density at radius 2 is 1.83 bits per heavy atom. The number of hydrogen-bond donors (Lipinski definition) is 2. The van der Waals surface area contributed by atoms with Gasteiger partial charge in [-0.2, -0.15) is 0 Å². The van der Waals surface area contributed by atoms with E-state index in [0.29, 0.717) is 12.4 Å². The van der Waals surface area contributed by atoms with Crippen molar-refractivity contribution in [3.63, 3.8) is 0 Å². The average Bonchev–Trinajstić information content (AvgIpc) is 2.02. The summed E-state index contributed by atoms with van der Waals surface area (Å²) in [5.74, 6) is -4.31. The third-order valence-corrected chi connectivity index (χ3v) is 1.15. The Kier molecular flexibility index (Phi) is 3.69. The smallest absolute Gasteiger partial charge is 0.371 e. The van der Waals surface area contributed by atoms with Crippen molar-refractivity contribution >= 4 is 18.0 Å². The lowest BCUT2D eigenvalue weighted by Crippen LogP contribution is -2.11. The van der Waals surface area contributed by atoms with Crippen LogP contribution in [0.3, 0.4) is 0 Å². The number of rotatable bonds is 4. The fourth-order valence-electron chi connectivity index (χ4n) is 0.395. The van der Waals surface area contributed by atoms with Gasteiger partial charge in [-0.3, -0.25) is 4.79 Å². The summed E-state index contributed by atoms with van der Waals surface area (Å²) in [4.78, 5) is 30.8. The standard InChI is InChI=1S/C7H8O5/c1-4(3-8)5(9)2-6(10)7(11)12/h2-4,10H,1H3,(H,11,12)/b6-2-. The molecule has 5 heteroatoms. The van der Waals surface area contributed by atoms with E-state index < -0.39 is 23.4 Å². The number of allylic oxidation sites excluding steroid dienone is 1. The number of aliphatic carboxylic acids is 1. The molecule has 12 heavy (non-hydrogen) atoms. The molecule has 0 amide bonds. The number of carboxylic acids is 1. The topological polar surface area (TPSA) is 91.7 Å². The molecule has 66 valence electrons. The highest BCUT2D eigenvalue weighted by atomic mass is 16.4. The minimum absolute atomic E-state index is 0.369. The predicted octanol–water partition coefficient (Wildman–Crippen LogP) is -0.0830. The van der Waals surface area contributed by atoms with Crippen LogP contribution in [0.2, 0.25) is 0 Å². The monoisotopic (exact) mass is 172 g/mol. The number of hydrogen-bond acceptors (Lipinski definition) is 4. The molecular formula is C7H8O5. The molecule has 0 heterocycles. The SMILES string of the molecule is CC(C=O)C(=O)/C=C(\O)C(=O)O. The van der Waals surface area contributed by atoms with E-state index in [4.69, 9.17) is 10.2 Å². The van der Waals surface area contributed by atoms with Crippen molar-refractivity contribution in [3.05, 3.63) is 11.8 Å². The van der Waals surface area contributed by atoms with E-state index in [1.165, 1.54) is 6.92 Å². The Bertz CT molecular complexity index is 240. The van der Waals surface area contributed by atoms with Crippen molar-refractivity contribution < 1.29 is 24.6 Å². The van der Waals surface area contributed by atoms with Gasteiger partial charge in [-0.15, -0.1) is 0 Å². The Balaban J connectivity index is 4.43. The fourth-order valence-corrected chi connectivity index (χ4v) is 0.395. The van der Waals surface area contributed by atoms with E-state index in [-0.39, 0.29) is 0 Å². The van der Waals surface area contributed by atoms with Crippen LogP contribution in [0.25, 0.3) is 0 Å². The van der Waals surface area contributed by atoms with Crippen LogP contribution in [0, 0.1) is 5.92 Å². The van der Waals surface area contributed by atoms with Crippen molar-refractivity contribution in [2.24, 2.45) is 5.92 Å². The van der Waals surface area contributed by atoms with Crippen LogP contribution in [0.1, 0.15) is 6.92 Å². The second-order valence-electron chi connectivity index (χ2n) is 2.16. The summed E-state index contributed by atoms with van der Waals surface area (Å²) in [5, 5.41) is 16.7. The molecule has 0 aromatic rings. The maximum Gasteiger partial charge on any atom is 0.371 e. The van der Waals surface area contributed by atoms with Crippen LogP contribution in [0.5, 0.6) is 0 Å². The number of aldehydes is 1.